The van der Waals surface area contributed by atoms with Crippen molar-refractivity contribution in [3.8, 4) is 11.5 Å². The predicted molar refractivity (Wildman–Crippen MR) is 96.0 cm³/mol. The fraction of sp³-hybridized carbons (Fsp3) is 0.222. The molecule has 2 aromatic carbocycles. The standard InChI is InChI=1S/C18H21N3O4/c1-12-6-7-15(16(8-12)21-17(22)10-19)20-18(23)11-25-14-5-3-4-13(9-14)24-2/h3-9H,10-11,19H2,1-2H3,(H,20,23)(H,21,22). The Kier molecular flexibility index (Phi) is 6.36. The first-order valence-electron chi connectivity index (χ1n) is 7.69. The van der Waals surface area contributed by atoms with Crippen LogP contribution >= 0.6 is 0 Å². The topological polar surface area (TPSA) is 103 Å². The summed E-state index contributed by atoms with van der Waals surface area (Å²) in [4.78, 5) is 23.6. The number of carbonyl (C=O) groups excluding carboxylic acids is 2. The van der Waals surface area contributed by atoms with Gasteiger partial charge in [-0.3, -0.25) is 9.59 Å². The molecule has 0 aliphatic heterocycles. The number of benzene rings is 2. The van der Waals surface area contributed by atoms with E-state index in [0.717, 1.165) is 5.56 Å². The van der Waals surface area contributed by atoms with E-state index in [0.29, 0.717) is 22.9 Å². The number of ether oxygens (including phenoxy) is 2. The molecule has 0 aliphatic rings. The average Bonchev–Trinajstić information content (AvgIpc) is 2.62. The minimum absolute atomic E-state index is 0.139. The Hall–Kier alpha value is -3.06. The van der Waals surface area contributed by atoms with Crippen LogP contribution in [0.1, 0.15) is 5.56 Å². The monoisotopic (exact) mass is 343 g/mol. The summed E-state index contributed by atoms with van der Waals surface area (Å²) in [6, 6.07) is 12.3. The number of rotatable bonds is 7. The Bertz CT molecular complexity index is 762. The van der Waals surface area contributed by atoms with E-state index in [1.165, 1.54) is 0 Å². The third kappa shape index (κ3) is 5.50. The Morgan fingerprint density at radius 1 is 1.00 bits per heavy atom. The number of hydrogen-bond donors (Lipinski definition) is 3. The molecule has 0 fully saturated rings. The van der Waals surface area contributed by atoms with Gasteiger partial charge in [-0.2, -0.15) is 0 Å². The molecule has 0 bridgehead atoms. The van der Waals surface area contributed by atoms with Crippen molar-refractivity contribution in [3.63, 3.8) is 0 Å². The summed E-state index contributed by atoms with van der Waals surface area (Å²) in [6.45, 7) is 1.57. The second-order valence-electron chi connectivity index (χ2n) is 5.32. The Morgan fingerprint density at radius 2 is 1.72 bits per heavy atom. The first kappa shape index (κ1) is 18.3. The Morgan fingerprint density at radius 3 is 2.44 bits per heavy atom. The normalized spacial score (nSPS) is 10.0. The van der Waals surface area contributed by atoms with E-state index in [9.17, 15) is 9.59 Å². The molecule has 2 aromatic rings. The molecule has 2 rings (SSSR count). The first-order chi connectivity index (χ1) is 12.0. The maximum atomic E-state index is 12.1. The van der Waals surface area contributed by atoms with Gasteiger partial charge in [0.2, 0.25) is 5.91 Å². The molecular formula is C18H21N3O4. The molecule has 0 spiro atoms. The van der Waals surface area contributed by atoms with Crippen molar-refractivity contribution in [2.75, 3.05) is 30.9 Å². The van der Waals surface area contributed by atoms with Crippen molar-refractivity contribution >= 4 is 23.2 Å². The summed E-state index contributed by atoms with van der Waals surface area (Å²) in [5.74, 6) is 0.474. The van der Waals surface area contributed by atoms with Crippen LogP contribution in [0.25, 0.3) is 0 Å². The van der Waals surface area contributed by atoms with Crippen LogP contribution in [0.2, 0.25) is 0 Å². The molecule has 0 saturated carbocycles. The van der Waals surface area contributed by atoms with Crippen molar-refractivity contribution in [3.05, 3.63) is 48.0 Å². The highest BCUT2D eigenvalue weighted by molar-refractivity contribution is 6.00. The van der Waals surface area contributed by atoms with Gasteiger partial charge in [0.05, 0.1) is 25.0 Å². The molecule has 0 heterocycles. The van der Waals surface area contributed by atoms with Crippen LogP contribution in [0, 0.1) is 6.92 Å². The number of nitrogens with two attached hydrogens (primary N) is 1. The molecule has 4 N–H and O–H groups in total. The van der Waals surface area contributed by atoms with E-state index < -0.39 is 0 Å². The fourth-order valence-electron chi connectivity index (χ4n) is 2.10. The summed E-state index contributed by atoms with van der Waals surface area (Å²) < 4.78 is 10.5. The molecule has 0 unspecified atom stereocenters. The summed E-state index contributed by atoms with van der Waals surface area (Å²) in [6.07, 6.45) is 0. The van der Waals surface area contributed by atoms with Crippen LogP contribution in [0.15, 0.2) is 42.5 Å². The van der Waals surface area contributed by atoms with E-state index in [1.807, 2.05) is 13.0 Å². The van der Waals surface area contributed by atoms with Gasteiger partial charge in [-0.25, -0.2) is 0 Å². The van der Waals surface area contributed by atoms with E-state index >= 15 is 0 Å². The molecule has 0 aliphatic carbocycles. The van der Waals surface area contributed by atoms with Crippen molar-refractivity contribution in [2.45, 2.75) is 6.92 Å². The van der Waals surface area contributed by atoms with Crippen LogP contribution in [0.4, 0.5) is 11.4 Å². The van der Waals surface area contributed by atoms with Crippen LogP contribution in [-0.2, 0) is 9.59 Å². The van der Waals surface area contributed by atoms with Crippen molar-refractivity contribution in [1.29, 1.82) is 0 Å². The SMILES string of the molecule is COc1cccc(OCC(=O)Nc2ccc(C)cc2NC(=O)CN)c1. The molecule has 0 atom stereocenters. The fourth-order valence-corrected chi connectivity index (χ4v) is 2.10. The van der Waals surface area contributed by atoms with E-state index in [2.05, 4.69) is 10.6 Å². The molecule has 0 saturated heterocycles. The lowest BCUT2D eigenvalue weighted by atomic mass is 10.2. The molecule has 7 nitrogen and oxygen atoms in total. The average molecular weight is 343 g/mol. The summed E-state index contributed by atoms with van der Waals surface area (Å²) in [5.41, 5.74) is 7.23. The molecule has 2 amide bonds. The molecule has 0 radical (unpaired) electrons. The second kappa shape index (κ2) is 8.70. The number of methoxy groups -OCH3 is 1. The highest BCUT2D eigenvalue weighted by Crippen LogP contribution is 2.23. The lowest BCUT2D eigenvalue weighted by molar-refractivity contribution is -0.118. The Balaban J connectivity index is 2.01. The zero-order valence-corrected chi connectivity index (χ0v) is 14.2. The molecular weight excluding hydrogens is 322 g/mol. The number of aryl methyl sites for hydroxylation is 1. The van der Waals surface area contributed by atoms with Crippen LogP contribution in [-0.4, -0.2) is 32.1 Å². The lowest BCUT2D eigenvalue weighted by Gasteiger charge is -2.13. The molecule has 7 heteroatoms. The van der Waals surface area contributed by atoms with Gasteiger partial charge < -0.3 is 25.8 Å². The maximum Gasteiger partial charge on any atom is 0.262 e. The zero-order chi connectivity index (χ0) is 18.2. The van der Waals surface area contributed by atoms with Gasteiger partial charge in [0.1, 0.15) is 11.5 Å². The van der Waals surface area contributed by atoms with Crippen LogP contribution < -0.4 is 25.8 Å². The van der Waals surface area contributed by atoms with Crippen LogP contribution in [0.5, 0.6) is 11.5 Å². The van der Waals surface area contributed by atoms with Gasteiger partial charge in [-0.1, -0.05) is 12.1 Å². The van der Waals surface area contributed by atoms with Gasteiger partial charge in [0, 0.05) is 6.07 Å². The number of amides is 2. The van der Waals surface area contributed by atoms with E-state index in [-0.39, 0.29) is 25.0 Å². The van der Waals surface area contributed by atoms with Gasteiger partial charge in [0.15, 0.2) is 6.61 Å². The molecule has 132 valence electrons. The third-order valence-electron chi connectivity index (χ3n) is 3.32. The van der Waals surface area contributed by atoms with Crippen molar-refractivity contribution in [1.82, 2.24) is 0 Å². The van der Waals surface area contributed by atoms with Gasteiger partial charge in [-0.15, -0.1) is 0 Å². The summed E-state index contributed by atoms with van der Waals surface area (Å²) >= 11 is 0. The van der Waals surface area contributed by atoms with Crippen LogP contribution in [0.3, 0.4) is 0 Å². The molecule has 25 heavy (non-hydrogen) atoms. The highest BCUT2D eigenvalue weighted by atomic mass is 16.5. The first-order valence-corrected chi connectivity index (χ1v) is 7.69. The smallest absolute Gasteiger partial charge is 0.262 e. The Labute approximate surface area is 146 Å². The quantitative estimate of drug-likeness (QED) is 0.713. The van der Waals surface area contributed by atoms with Gasteiger partial charge >= 0.3 is 0 Å². The largest absolute Gasteiger partial charge is 0.497 e. The minimum Gasteiger partial charge on any atom is -0.497 e. The van der Waals surface area contributed by atoms with Crippen molar-refractivity contribution < 1.29 is 19.1 Å². The molecule has 0 aromatic heterocycles. The minimum atomic E-state index is -0.352. The second-order valence-corrected chi connectivity index (χ2v) is 5.32. The van der Waals surface area contributed by atoms with Gasteiger partial charge in [0.25, 0.3) is 5.91 Å². The third-order valence-corrected chi connectivity index (χ3v) is 3.32. The number of nitrogens with one attached hydrogen (secondary N) is 2. The number of anilines is 2. The highest BCUT2D eigenvalue weighted by Gasteiger charge is 2.10. The predicted octanol–water partition coefficient (Wildman–Crippen LogP) is 1.92. The zero-order valence-electron chi connectivity index (χ0n) is 14.2. The summed E-state index contributed by atoms with van der Waals surface area (Å²) in [5, 5.41) is 5.37. The van der Waals surface area contributed by atoms with Gasteiger partial charge in [-0.05, 0) is 36.8 Å². The lowest BCUT2D eigenvalue weighted by Crippen LogP contribution is -2.24. The number of hydrogen-bond acceptors (Lipinski definition) is 5. The van der Waals surface area contributed by atoms with E-state index in [4.69, 9.17) is 15.2 Å². The van der Waals surface area contributed by atoms with Crippen molar-refractivity contribution in [2.24, 2.45) is 5.73 Å². The maximum absolute atomic E-state index is 12.1. The van der Waals surface area contributed by atoms with E-state index in [1.54, 1.807) is 43.5 Å². The summed E-state index contributed by atoms with van der Waals surface area (Å²) in [7, 11) is 1.56. The number of carbonyl (C=O) groups is 2.